The molecule has 0 bridgehead atoms. The molecule has 1 aliphatic carbocycles. The minimum atomic E-state index is -0.965. The molecule has 0 amide bonds. The van der Waals surface area contributed by atoms with E-state index in [0.29, 0.717) is 17.8 Å². The fourth-order valence-electron chi connectivity index (χ4n) is 3.22. The Bertz CT molecular complexity index is 255. The maximum atomic E-state index is 10.9. The Hall–Kier alpha value is -0.610. The van der Waals surface area contributed by atoms with Crippen molar-refractivity contribution in [3.63, 3.8) is 0 Å². The molecule has 1 saturated carbocycles. The van der Waals surface area contributed by atoms with Crippen molar-refractivity contribution in [1.82, 2.24) is 5.32 Å². The monoisotopic (exact) mass is 243 g/mol. The van der Waals surface area contributed by atoms with Crippen LogP contribution in [-0.2, 0) is 4.79 Å². The minimum absolute atomic E-state index is 0.215. The normalized spacial score (nSPS) is 31.5. The molecule has 0 aromatic rings. The summed E-state index contributed by atoms with van der Waals surface area (Å²) >= 11 is 0. The van der Waals surface area contributed by atoms with Gasteiger partial charge >= 0.3 is 5.97 Å². The quantitative estimate of drug-likeness (QED) is 0.684. The lowest BCUT2D eigenvalue weighted by Crippen LogP contribution is -2.52. The first-order valence-corrected chi connectivity index (χ1v) is 6.57. The first-order chi connectivity index (χ1) is 7.97. The van der Waals surface area contributed by atoms with Crippen molar-refractivity contribution >= 4 is 5.97 Å². The Morgan fingerprint density at radius 1 is 1.41 bits per heavy atom. The molecule has 3 unspecified atom stereocenters. The molecule has 4 nitrogen and oxygen atoms in total. The van der Waals surface area contributed by atoms with Crippen molar-refractivity contribution in [3.05, 3.63) is 0 Å². The Labute approximate surface area is 103 Å². The molecular formula is C13H25NO3. The average Bonchev–Trinajstić information content (AvgIpc) is 2.24. The molecule has 1 aliphatic rings. The van der Waals surface area contributed by atoms with E-state index in [1.54, 1.807) is 0 Å². The van der Waals surface area contributed by atoms with Crippen LogP contribution < -0.4 is 5.32 Å². The van der Waals surface area contributed by atoms with E-state index in [4.69, 9.17) is 10.2 Å². The zero-order valence-corrected chi connectivity index (χ0v) is 11.0. The van der Waals surface area contributed by atoms with Crippen molar-refractivity contribution in [2.24, 2.45) is 17.8 Å². The number of carbonyl (C=O) groups is 1. The number of nitrogens with one attached hydrogen (secondary N) is 1. The highest BCUT2D eigenvalue weighted by Gasteiger charge is 2.34. The van der Waals surface area contributed by atoms with Gasteiger partial charge in [0, 0.05) is 6.04 Å². The number of carboxylic acids is 1. The molecule has 0 spiro atoms. The van der Waals surface area contributed by atoms with Crippen molar-refractivity contribution < 1.29 is 15.0 Å². The Morgan fingerprint density at radius 3 is 2.53 bits per heavy atom. The summed E-state index contributed by atoms with van der Waals surface area (Å²) < 4.78 is 0. The van der Waals surface area contributed by atoms with Crippen LogP contribution in [0.3, 0.4) is 0 Å². The third kappa shape index (κ3) is 3.68. The highest BCUT2D eigenvalue weighted by atomic mass is 16.4. The fourth-order valence-corrected chi connectivity index (χ4v) is 3.22. The molecular weight excluding hydrogens is 218 g/mol. The third-order valence-electron chi connectivity index (χ3n) is 3.96. The van der Waals surface area contributed by atoms with E-state index in [1.807, 2.05) is 0 Å². The first kappa shape index (κ1) is 14.5. The number of hydrogen-bond acceptors (Lipinski definition) is 3. The predicted octanol–water partition coefficient (Wildman–Crippen LogP) is 1.48. The Kier molecular flexibility index (Phi) is 5.40. The van der Waals surface area contributed by atoms with Gasteiger partial charge in [-0.05, 0) is 24.2 Å². The fraction of sp³-hybridized carbons (Fsp3) is 0.923. The van der Waals surface area contributed by atoms with Crippen LogP contribution in [0.15, 0.2) is 0 Å². The molecule has 4 atom stereocenters. The number of carboxylic acid groups (broad SMARTS) is 1. The van der Waals surface area contributed by atoms with Crippen LogP contribution in [0.5, 0.6) is 0 Å². The highest BCUT2D eigenvalue weighted by molar-refractivity contribution is 5.73. The van der Waals surface area contributed by atoms with E-state index in [9.17, 15) is 4.79 Å². The lowest BCUT2D eigenvalue weighted by atomic mass is 9.71. The van der Waals surface area contributed by atoms with Gasteiger partial charge in [0.2, 0.25) is 0 Å². The number of aliphatic carboxylic acids is 1. The van der Waals surface area contributed by atoms with E-state index in [-0.39, 0.29) is 12.6 Å². The van der Waals surface area contributed by atoms with Gasteiger partial charge in [-0.1, -0.05) is 33.6 Å². The van der Waals surface area contributed by atoms with Gasteiger partial charge in [-0.3, -0.25) is 10.1 Å². The lowest BCUT2D eigenvalue weighted by Gasteiger charge is -2.40. The van der Waals surface area contributed by atoms with Gasteiger partial charge in [0.25, 0.3) is 0 Å². The smallest absolute Gasteiger partial charge is 0.323 e. The van der Waals surface area contributed by atoms with Crippen LogP contribution in [0.2, 0.25) is 0 Å². The molecule has 100 valence electrons. The van der Waals surface area contributed by atoms with Crippen LogP contribution in [0, 0.1) is 17.8 Å². The van der Waals surface area contributed by atoms with Gasteiger partial charge in [-0.25, -0.2) is 0 Å². The molecule has 0 aromatic carbocycles. The standard InChI is InChI=1S/C13H25NO3/c1-8(2)12-9(3)5-4-6-10(12)14-11(7-15)13(16)17/h8-12,14-15H,4-7H2,1-3H3,(H,16,17)/t9?,10?,11-,12?/m0/s1. The van der Waals surface area contributed by atoms with Crippen molar-refractivity contribution in [3.8, 4) is 0 Å². The third-order valence-corrected chi connectivity index (χ3v) is 3.96. The first-order valence-electron chi connectivity index (χ1n) is 6.57. The predicted molar refractivity (Wildman–Crippen MR) is 66.8 cm³/mol. The molecule has 0 aliphatic heterocycles. The second kappa shape index (κ2) is 6.36. The van der Waals surface area contributed by atoms with Crippen molar-refractivity contribution in [1.29, 1.82) is 0 Å². The SMILES string of the molecule is CC(C)C1C(C)CCCC1N[C@@H](CO)C(=O)O. The maximum absolute atomic E-state index is 10.9. The summed E-state index contributed by atoms with van der Waals surface area (Å²) in [6.07, 6.45) is 3.37. The van der Waals surface area contributed by atoms with E-state index in [1.165, 1.54) is 6.42 Å². The largest absolute Gasteiger partial charge is 0.480 e. The van der Waals surface area contributed by atoms with Gasteiger partial charge in [-0.2, -0.15) is 0 Å². The molecule has 17 heavy (non-hydrogen) atoms. The number of rotatable bonds is 5. The van der Waals surface area contributed by atoms with Crippen LogP contribution >= 0.6 is 0 Å². The summed E-state index contributed by atoms with van der Waals surface area (Å²) in [5.74, 6) is 0.690. The van der Waals surface area contributed by atoms with Crippen LogP contribution in [0.1, 0.15) is 40.0 Å². The van der Waals surface area contributed by atoms with Crippen molar-refractivity contribution in [2.45, 2.75) is 52.1 Å². The molecule has 0 radical (unpaired) electrons. The summed E-state index contributed by atoms with van der Waals surface area (Å²) in [5, 5.41) is 21.2. The molecule has 1 fully saturated rings. The van der Waals surface area contributed by atoms with Crippen molar-refractivity contribution in [2.75, 3.05) is 6.61 Å². The van der Waals surface area contributed by atoms with Gasteiger partial charge in [-0.15, -0.1) is 0 Å². The molecule has 0 saturated heterocycles. The number of aliphatic hydroxyl groups is 1. The molecule has 4 heteroatoms. The van der Waals surface area contributed by atoms with Crippen LogP contribution in [0.25, 0.3) is 0 Å². The lowest BCUT2D eigenvalue weighted by molar-refractivity contribution is -0.141. The summed E-state index contributed by atoms with van der Waals surface area (Å²) in [5.41, 5.74) is 0. The maximum Gasteiger partial charge on any atom is 0.323 e. The summed E-state index contributed by atoms with van der Waals surface area (Å²) in [6, 6.07) is -0.612. The van der Waals surface area contributed by atoms with Gasteiger partial charge in [0.05, 0.1) is 6.61 Å². The average molecular weight is 243 g/mol. The molecule has 1 rings (SSSR count). The van der Waals surface area contributed by atoms with Crippen LogP contribution in [-0.4, -0.2) is 34.9 Å². The van der Waals surface area contributed by atoms with Gasteiger partial charge in [0.15, 0.2) is 0 Å². The highest BCUT2D eigenvalue weighted by Crippen LogP contribution is 2.35. The summed E-state index contributed by atoms with van der Waals surface area (Å²) in [7, 11) is 0. The zero-order chi connectivity index (χ0) is 13.0. The molecule has 0 heterocycles. The molecule has 3 N–H and O–H groups in total. The summed E-state index contributed by atoms with van der Waals surface area (Å²) in [4.78, 5) is 10.9. The second-order valence-corrected chi connectivity index (χ2v) is 5.58. The van der Waals surface area contributed by atoms with E-state index < -0.39 is 12.0 Å². The molecule has 0 aromatic heterocycles. The Balaban J connectivity index is 2.68. The summed E-state index contributed by atoms with van der Waals surface area (Å²) in [6.45, 7) is 6.28. The Morgan fingerprint density at radius 2 is 2.06 bits per heavy atom. The second-order valence-electron chi connectivity index (χ2n) is 5.58. The van der Waals surface area contributed by atoms with E-state index in [2.05, 4.69) is 26.1 Å². The van der Waals surface area contributed by atoms with Crippen LogP contribution in [0.4, 0.5) is 0 Å². The topological polar surface area (TPSA) is 69.6 Å². The van der Waals surface area contributed by atoms with Gasteiger partial charge < -0.3 is 10.2 Å². The number of aliphatic hydroxyl groups excluding tert-OH is 1. The van der Waals surface area contributed by atoms with E-state index >= 15 is 0 Å². The minimum Gasteiger partial charge on any atom is -0.480 e. The van der Waals surface area contributed by atoms with Gasteiger partial charge in [0.1, 0.15) is 6.04 Å². The van der Waals surface area contributed by atoms with E-state index in [0.717, 1.165) is 12.8 Å². The zero-order valence-electron chi connectivity index (χ0n) is 11.0. The number of hydrogen-bond donors (Lipinski definition) is 3.